The number of amides is 1. The SMILES string of the molecule is CC(C)OCC(=O)Nc1ccc(F)c(C#CCN)c1. The van der Waals surface area contributed by atoms with Gasteiger partial charge in [0, 0.05) is 5.69 Å². The summed E-state index contributed by atoms with van der Waals surface area (Å²) in [7, 11) is 0. The summed E-state index contributed by atoms with van der Waals surface area (Å²) in [6.07, 6.45) is -0.0232. The Bertz CT molecular complexity index is 504. The minimum absolute atomic E-state index is 0.0232. The molecule has 1 aromatic rings. The van der Waals surface area contributed by atoms with Gasteiger partial charge in [-0.15, -0.1) is 0 Å². The highest BCUT2D eigenvalue weighted by Crippen LogP contribution is 2.13. The Morgan fingerprint density at radius 1 is 1.53 bits per heavy atom. The van der Waals surface area contributed by atoms with E-state index in [2.05, 4.69) is 17.2 Å². The lowest BCUT2D eigenvalue weighted by Gasteiger charge is -2.08. The van der Waals surface area contributed by atoms with Gasteiger partial charge >= 0.3 is 0 Å². The van der Waals surface area contributed by atoms with Crippen molar-refractivity contribution in [3.63, 3.8) is 0 Å². The van der Waals surface area contributed by atoms with Crippen molar-refractivity contribution in [3.05, 3.63) is 29.6 Å². The van der Waals surface area contributed by atoms with Crippen LogP contribution in [0.15, 0.2) is 18.2 Å². The second kappa shape index (κ2) is 7.52. The predicted molar refractivity (Wildman–Crippen MR) is 72.1 cm³/mol. The minimum atomic E-state index is -0.447. The van der Waals surface area contributed by atoms with Crippen LogP contribution in [0.25, 0.3) is 0 Å². The largest absolute Gasteiger partial charge is 0.369 e. The first-order valence-electron chi connectivity index (χ1n) is 5.93. The fourth-order valence-corrected chi connectivity index (χ4v) is 1.28. The van der Waals surface area contributed by atoms with Crippen molar-refractivity contribution in [2.24, 2.45) is 5.73 Å². The second-order valence-corrected chi connectivity index (χ2v) is 4.11. The number of carbonyl (C=O) groups excluding carboxylic acids is 1. The van der Waals surface area contributed by atoms with Gasteiger partial charge in [-0.3, -0.25) is 4.79 Å². The molecule has 0 aliphatic carbocycles. The van der Waals surface area contributed by atoms with Crippen LogP contribution < -0.4 is 11.1 Å². The lowest BCUT2D eigenvalue weighted by molar-refractivity contribution is -0.121. The summed E-state index contributed by atoms with van der Waals surface area (Å²) in [5.74, 6) is 4.43. The van der Waals surface area contributed by atoms with Crippen LogP contribution in [0.1, 0.15) is 19.4 Å². The zero-order valence-corrected chi connectivity index (χ0v) is 11.0. The van der Waals surface area contributed by atoms with E-state index < -0.39 is 5.82 Å². The van der Waals surface area contributed by atoms with Gasteiger partial charge in [0.15, 0.2) is 0 Å². The van der Waals surface area contributed by atoms with Gasteiger partial charge in [0.05, 0.1) is 18.2 Å². The minimum Gasteiger partial charge on any atom is -0.369 e. The van der Waals surface area contributed by atoms with E-state index in [1.807, 2.05) is 13.8 Å². The highest BCUT2D eigenvalue weighted by atomic mass is 19.1. The van der Waals surface area contributed by atoms with E-state index in [4.69, 9.17) is 10.5 Å². The first-order valence-corrected chi connectivity index (χ1v) is 5.93. The molecular formula is C14H17FN2O2. The monoisotopic (exact) mass is 264 g/mol. The average molecular weight is 264 g/mol. The molecule has 0 heterocycles. The summed E-state index contributed by atoms with van der Waals surface area (Å²) in [5.41, 5.74) is 5.90. The van der Waals surface area contributed by atoms with E-state index in [-0.39, 0.29) is 30.7 Å². The smallest absolute Gasteiger partial charge is 0.250 e. The summed E-state index contributed by atoms with van der Waals surface area (Å²) in [4.78, 5) is 11.5. The normalized spacial score (nSPS) is 9.95. The number of ether oxygens (including phenoxy) is 1. The molecule has 0 radical (unpaired) electrons. The van der Waals surface area contributed by atoms with Gasteiger partial charge in [-0.2, -0.15) is 0 Å². The molecule has 0 atom stereocenters. The number of hydrogen-bond donors (Lipinski definition) is 2. The second-order valence-electron chi connectivity index (χ2n) is 4.11. The van der Waals surface area contributed by atoms with Crippen molar-refractivity contribution in [1.29, 1.82) is 0 Å². The van der Waals surface area contributed by atoms with Gasteiger partial charge in [-0.1, -0.05) is 11.8 Å². The Hall–Kier alpha value is -1.90. The van der Waals surface area contributed by atoms with E-state index in [9.17, 15) is 9.18 Å². The van der Waals surface area contributed by atoms with Crippen molar-refractivity contribution in [3.8, 4) is 11.8 Å². The molecule has 1 amide bonds. The fraction of sp³-hybridized carbons (Fsp3) is 0.357. The van der Waals surface area contributed by atoms with Crippen molar-refractivity contribution in [2.45, 2.75) is 20.0 Å². The molecule has 0 saturated carbocycles. The molecule has 5 heteroatoms. The number of nitrogens with one attached hydrogen (secondary N) is 1. The van der Waals surface area contributed by atoms with Crippen molar-refractivity contribution in [2.75, 3.05) is 18.5 Å². The standard InChI is InChI=1S/C14H17FN2O2/c1-10(2)19-9-14(18)17-12-5-6-13(15)11(8-12)4-3-7-16/h5-6,8,10H,7,9,16H2,1-2H3,(H,17,18). The molecule has 0 saturated heterocycles. The zero-order valence-electron chi connectivity index (χ0n) is 11.0. The quantitative estimate of drug-likeness (QED) is 0.810. The summed E-state index contributed by atoms with van der Waals surface area (Å²) in [6, 6.07) is 4.18. The molecule has 0 spiro atoms. The van der Waals surface area contributed by atoms with E-state index in [1.54, 1.807) is 0 Å². The number of rotatable bonds is 4. The summed E-state index contributed by atoms with van der Waals surface area (Å²) < 4.78 is 18.6. The molecule has 0 aliphatic rings. The van der Waals surface area contributed by atoms with Crippen molar-refractivity contribution in [1.82, 2.24) is 0 Å². The number of anilines is 1. The summed E-state index contributed by atoms with van der Waals surface area (Å²) in [6.45, 7) is 3.79. The third-order valence-electron chi connectivity index (χ3n) is 2.12. The van der Waals surface area contributed by atoms with Gasteiger partial charge in [0.25, 0.3) is 0 Å². The molecule has 0 aliphatic heterocycles. The molecule has 0 aromatic heterocycles. The maximum absolute atomic E-state index is 13.4. The fourth-order valence-electron chi connectivity index (χ4n) is 1.28. The number of benzene rings is 1. The lowest BCUT2D eigenvalue weighted by atomic mass is 10.2. The van der Waals surface area contributed by atoms with Gasteiger partial charge in [0.2, 0.25) is 5.91 Å². The zero-order chi connectivity index (χ0) is 14.3. The Kier molecular flexibility index (Phi) is 6.00. The third-order valence-corrected chi connectivity index (χ3v) is 2.12. The lowest BCUT2D eigenvalue weighted by Crippen LogP contribution is -2.20. The van der Waals surface area contributed by atoms with Crippen LogP contribution >= 0.6 is 0 Å². The van der Waals surface area contributed by atoms with E-state index in [0.29, 0.717) is 5.69 Å². The van der Waals surface area contributed by atoms with Crippen LogP contribution in [0.3, 0.4) is 0 Å². The molecule has 3 N–H and O–H groups in total. The van der Waals surface area contributed by atoms with Gasteiger partial charge in [0.1, 0.15) is 12.4 Å². The van der Waals surface area contributed by atoms with Crippen LogP contribution in [0, 0.1) is 17.7 Å². The summed E-state index contributed by atoms with van der Waals surface area (Å²) >= 11 is 0. The molecule has 0 bridgehead atoms. The van der Waals surface area contributed by atoms with Crippen LogP contribution in [-0.2, 0) is 9.53 Å². The highest BCUT2D eigenvalue weighted by Gasteiger charge is 2.06. The Labute approximate surface area is 112 Å². The number of halogens is 1. The van der Waals surface area contributed by atoms with Crippen molar-refractivity contribution < 1.29 is 13.9 Å². The Balaban J connectivity index is 2.71. The van der Waals surface area contributed by atoms with Crippen molar-refractivity contribution >= 4 is 11.6 Å². The number of hydrogen-bond acceptors (Lipinski definition) is 3. The first-order chi connectivity index (χ1) is 9.02. The molecule has 102 valence electrons. The number of carbonyl (C=O) groups is 1. The highest BCUT2D eigenvalue weighted by molar-refractivity contribution is 5.91. The molecule has 1 rings (SSSR count). The van der Waals surface area contributed by atoms with Crippen LogP contribution in [0.5, 0.6) is 0 Å². The first kappa shape index (κ1) is 15.2. The Morgan fingerprint density at radius 3 is 2.89 bits per heavy atom. The molecule has 19 heavy (non-hydrogen) atoms. The predicted octanol–water partition coefficient (Wildman–Crippen LogP) is 1.50. The summed E-state index contributed by atoms with van der Waals surface area (Å²) in [5, 5.41) is 2.61. The molecular weight excluding hydrogens is 247 g/mol. The Morgan fingerprint density at radius 2 is 2.26 bits per heavy atom. The molecule has 0 fully saturated rings. The maximum atomic E-state index is 13.4. The van der Waals surface area contributed by atoms with E-state index >= 15 is 0 Å². The van der Waals surface area contributed by atoms with E-state index in [0.717, 1.165) is 0 Å². The third kappa shape index (κ3) is 5.51. The molecule has 1 aromatic carbocycles. The van der Waals surface area contributed by atoms with E-state index in [1.165, 1.54) is 18.2 Å². The number of nitrogens with two attached hydrogens (primary N) is 1. The van der Waals surface area contributed by atoms with Crippen LogP contribution in [0.2, 0.25) is 0 Å². The van der Waals surface area contributed by atoms with Crippen LogP contribution in [0.4, 0.5) is 10.1 Å². The van der Waals surface area contributed by atoms with Gasteiger partial charge in [-0.25, -0.2) is 4.39 Å². The van der Waals surface area contributed by atoms with Crippen LogP contribution in [-0.4, -0.2) is 25.2 Å². The average Bonchev–Trinajstić information content (AvgIpc) is 2.37. The topological polar surface area (TPSA) is 64.3 Å². The molecule has 4 nitrogen and oxygen atoms in total. The van der Waals surface area contributed by atoms with Gasteiger partial charge in [-0.05, 0) is 32.0 Å². The maximum Gasteiger partial charge on any atom is 0.250 e. The van der Waals surface area contributed by atoms with Gasteiger partial charge < -0.3 is 15.8 Å². The molecule has 0 unspecified atom stereocenters.